The second kappa shape index (κ2) is 7.57. The minimum absolute atomic E-state index is 0.138. The highest BCUT2D eigenvalue weighted by Crippen LogP contribution is 2.31. The van der Waals surface area contributed by atoms with E-state index in [9.17, 15) is 13.5 Å². The van der Waals surface area contributed by atoms with Gasteiger partial charge < -0.3 is 5.11 Å². The molecule has 124 valence electrons. The van der Waals surface area contributed by atoms with Crippen LogP contribution in [-0.4, -0.2) is 36.7 Å². The first kappa shape index (κ1) is 17.4. The highest BCUT2D eigenvalue weighted by Gasteiger charge is 2.31. The average molecular weight is 325 g/mol. The molecule has 1 aromatic rings. The number of piperidine rings is 1. The van der Waals surface area contributed by atoms with Crippen LogP contribution < -0.4 is 0 Å². The van der Waals surface area contributed by atoms with Gasteiger partial charge in [-0.2, -0.15) is 0 Å². The smallest absolute Gasteiger partial charge is 0.214 e. The van der Waals surface area contributed by atoms with Crippen LogP contribution >= 0.6 is 0 Å². The Hall–Kier alpha value is -0.910. The Labute approximate surface area is 134 Å². The second-order valence-corrected chi connectivity index (χ2v) is 8.68. The summed E-state index contributed by atoms with van der Waals surface area (Å²) in [5.41, 5.74) is 0.920. The van der Waals surface area contributed by atoms with Crippen LogP contribution in [0.2, 0.25) is 0 Å². The summed E-state index contributed by atoms with van der Waals surface area (Å²) < 4.78 is 26.2. The molecule has 1 atom stereocenters. The van der Waals surface area contributed by atoms with Crippen molar-refractivity contribution in [1.82, 2.24) is 4.31 Å². The Morgan fingerprint density at radius 2 is 1.77 bits per heavy atom. The summed E-state index contributed by atoms with van der Waals surface area (Å²) >= 11 is 0. The van der Waals surface area contributed by atoms with Crippen LogP contribution in [0.1, 0.15) is 44.8 Å². The van der Waals surface area contributed by atoms with Gasteiger partial charge in [-0.1, -0.05) is 44.2 Å². The average Bonchev–Trinajstić information content (AvgIpc) is 2.53. The Morgan fingerprint density at radius 3 is 2.32 bits per heavy atom. The maximum absolute atomic E-state index is 12.3. The maximum Gasteiger partial charge on any atom is 0.214 e. The summed E-state index contributed by atoms with van der Waals surface area (Å²) in [6, 6.07) is 9.63. The van der Waals surface area contributed by atoms with Gasteiger partial charge in [0.1, 0.15) is 0 Å². The van der Waals surface area contributed by atoms with Gasteiger partial charge in [0.05, 0.1) is 11.9 Å². The Bertz CT molecular complexity index is 549. The molecule has 1 aromatic carbocycles. The van der Waals surface area contributed by atoms with E-state index in [0.29, 0.717) is 25.4 Å². The fraction of sp³-hybridized carbons (Fsp3) is 0.647. The molecule has 1 saturated heterocycles. The maximum atomic E-state index is 12.3. The van der Waals surface area contributed by atoms with Crippen LogP contribution in [-0.2, 0) is 10.0 Å². The van der Waals surface area contributed by atoms with E-state index in [1.54, 1.807) is 4.31 Å². The number of sulfonamides is 1. The monoisotopic (exact) mass is 325 g/mol. The minimum atomic E-state index is -3.14. The lowest BCUT2D eigenvalue weighted by Crippen LogP contribution is -2.41. The van der Waals surface area contributed by atoms with Crippen molar-refractivity contribution in [3.05, 3.63) is 35.9 Å². The van der Waals surface area contributed by atoms with Crippen LogP contribution in [0.5, 0.6) is 0 Å². The largest absolute Gasteiger partial charge is 0.388 e. The summed E-state index contributed by atoms with van der Waals surface area (Å²) in [5.74, 6) is 0.766. The molecule has 0 aliphatic carbocycles. The van der Waals surface area contributed by atoms with Gasteiger partial charge in [0.15, 0.2) is 0 Å². The molecule has 1 fully saturated rings. The van der Waals surface area contributed by atoms with Crippen molar-refractivity contribution in [3.63, 3.8) is 0 Å². The third-order valence-electron chi connectivity index (χ3n) is 4.43. The van der Waals surface area contributed by atoms with Crippen molar-refractivity contribution in [3.8, 4) is 0 Å². The molecule has 0 saturated carbocycles. The van der Waals surface area contributed by atoms with Crippen molar-refractivity contribution in [1.29, 1.82) is 0 Å². The van der Waals surface area contributed by atoms with Crippen molar-refractivity contribution in [2.45, 2.75) is 39.2 Å². The lowest BCUT2D eigenvalue weighted by atomic mass is 9.88. The number of aliphatic hydroxyl groups excluding tert-OH is 1. The molecule has 1 heterocycles. The zero-order valence-corrected chi connectivity index (χ0v) is 14.3. The molecule has 2 rings (SSSR count). The van der Waals surface area contributed by atoms with E-state index < -0.39 is 16.1 Å². The lowest BCUT2D eigenvalue weighted by molar-refractivity contribution is 0.0760. The van der Waals surface area contributed by atoms with E-state index in [4.69, 9.17) is 0 Å². The molecule has 1 aliphatic rings. The van der Waals surface area contributed by atoms with Crippen LogP contribution in [0.3, 0.4) is 0 Å². The van der Waals surface area contributed by atoms with Gasteiger partial charge >= 0.3 is 0 Å². The molecule has 22 heavy (non-hydrogen) atoms. The Morgan fingerprint density at radius 1 is 1.18 bits per heavy atom. The molecular formula is C17H27NO3S. The number of nitrogens with zero attached hydrogens (tertiary/aromatic N) is 1. The molecule has 1 N–H and O–H groups in total. The van der Waals surface area contributed by atoms with Gasteiger partial charge in [-0.05, 0) is 36.7 Å². The topological polar surface area (TPSA) is 57.6 Å². The zero-order valence-electron chi connectivity index (χ0n) is 13.5. The van der Waals surface area contributed by atoms with Gasteiger partial charge in [-0.25, -0.2) is 12.7 Å². The number of hydrogen-bond acceptors (Lipinski definition) is 3. The summed E-state index contributed by atoms with van der Waals surface area (Å²) in [5, 5.41) is 10.4. The molecule has 5 heteroatoms. The Balaban J connectivity index is 1.90. The van der Waals surface area contributed by atoms with Crippen molar-refractivity contribution < 1.29 is 13.5 Å². The number of hydrogen-bond donors (Lipinski definition) is 1. The van der Waals surface area contributed by atoms with Gasteiger partial charge in [-0.3, -0.25) is 0 Å². The quantitative estimate of drug-likeness (QED) is 0.875. The molecule has 1 unspecified atom stereocenters. The van der Waals surface area contributed by atoms with Gasteiger partial charge in [0.25, 0.3) is 0 Å². The number of aliphatic hydroxyl groups is 1. The van der Waals surface area contributed by atoms with Gasteiger partial charge in [0, 0.05) is 13.1 Å². The number of rotatable bonds is 6. The van der Waals surface area contributed by atoms with Crippen LogP contribution in [0, 0.1) is 11.8 Å². The predicted molar refractivity (Wildman–Crippen MR) is 88.9 cm³/mol. The van der Waals surface area contributed by atoms with Gasteiger partial charge in [-0.15, -0.1) is 0 Å². The summed E-state index contributed by atoms with van der Waals surface area (Å²) in [6.45, 7) is 5.12. The van der Waals surface area contributed by atoms with Crippen molar-refractivity contribution in [2.24, 2.45) is 11.8 Å². The first-order chi connectivity index (χ1) is 10.4. The van der Waals surface area contributed by atoms with E-state index in [2.05, 4.69) is 0 Å². The lowest BCUT2D eigenvalue weighted by Gasteiger charge is -2.33. The Kier molecular flexibility index (Phi) is 6.01. The van der Waals surface area contributed by atoms with Crippen molar-refractivity contribution >= 4 is 10.0 Å². The molecule has 0 spiro atoms. The third-order valence-corrected chi connectivity index (χ3v) is 6.34. The SMILES string of the molecule is CC(C)CCS(=O)(=O)N1CCC(C(O)c2ccccc2)CC1. The van der Waals surface area contributed by atoms with Crippen LogP contribution in [0.25, 0.3) is 0 Å². The van der Waals surface area contributed by atoms with Crippen LogP contribution in [0.4, 0.5) is 0 Å². The molecule has 0 amide bonds. The van der Waals surface area contributed by atoms with E-state index in [1.165, 1.54) is 0 Å². The third kappa shape index (κ3) is 4.54. The molecule has 0 bridgehead atoms. The minimum Gasteiger partial charge on any atom is -0.388 e. The first-order valence-corrected chi connectivity index (χ1v) is 9.72. The molecule has 0 radical (unpaired) electrons. The highest BCUT2D eigenvalue weighted by atomic mass is 32.2. The molecule has 4 nitrogen and oxygen atoms in total. The fourth-order valence-corrected chi connectivity index (χ4v) is 4.70. The summed E-state index contributed by atoms with van der Waals surface area (Å²) in [7, 11) is -3.14. The summed E-state index contributed by atoms with van der Waals surface area (Å²) in [4.78, 5) is 0. The normalized spacial score (nSPS) is 19.5. The standard InChI is InChI=1S/C17H27NO3S/c1-14(2)10-13-22(20,21)18-11-8-16(9-12-18)17(19)15-6-4-3-5-7-15/h3-7,14,16-17,19H,8-13H2,1-2H3. The zero-order chi connectivity index (χ0) is 16.2. The van der Waals surface area contributed by atoms with E-state index >= 15 is 0 Å². The molecule has 0 aromatic heterocycles. The van der Waals surface area contributed by atoms with Gasteiger partial charge in [0.2, 0.25) is 10.0 Å². The number of benzene rings is 1. The fourth-order valence-electron chi connectivity index (χ4n) is 2.91. The molecular weight excluding hydrogens is 298 g/mol. The predicted octanol–water partition coefficient (Wildman–Crippen LogP) is 2.81. The van der Waals surface area contributed by atoms with Crippen LogP contribution in [0.15, 0.2) is 30.3 Å². The first-order valence-electron chi connectivity index (χ1n) is 8.11. The summed E-state index contributed by atoms with van der Waals surface area (Å²) in [6.07, 6.45) is 1.64. The van der Waals surface area contributed by atoms with E-state index in [1.807, 2.05) is 44.2 Å². The molecule has 1 aliphatic heterocycles. The van der Waals surface area contributed by atoms with E-state index in [-0.39, 0.29) is 11.7 Å². The second-order valence-electron chi connectivity index (χ2n) is 6.59. The highest BCUT2D eigenvalue weighted by molar-refractivity contribution is 7.89. The van der Waals surface area contributed by atoms with E-state index in [0.717, 1.165) is 18.4 Å². The van der Waals surface area contributed by atoms with Crippen molar-refractivity contribution in [2.75, 3.05) is 18.8 Å².